The van der Waals surface area contributed by atoms with E-state index in [0.29, 0.717) is 6.61 Å². The highest BCUT2D eigenvalue weighted by Gasteiger charge is 2.12. The molecule has 0 fully saturated rings. The molecule has 1 atom stereocenters. The first kappa shape index (κ1) is 7.75. The Hall–Kier alpha value is -0.350. The van der Waals surface area contributed by atoms with Crippen molar-refractivity contribution in [2.75, 3.05) is 11.9 Å². The fourth-order valence-corrected chi connectivity index (χ4v) is 0.739. The Balaban J connectivity index is 2.24. The van der Waals surface area contributed by atoms with Gasteiger partial charge in [-0.2, -0.15) is 0 Å². The molecule has 1 aliphatic heterocycles. The van der Waals surface area contributed by atoms with Crippen LogP contribution in [0.15, 0.2) is 12.2 Å². The molecule has 0 aromatic heterocycles. The van der Waals surface area contributed by atoms with Gasteiger partial charge < -0.3 is 9.47 Å². The van der Waals surface area contributed by atoms with Crippen LogP contribution in [0.5, 0.6) is 0 Å². The molecular formula is C6H7BrO3. The number of ether oxygens (including phenoxy) is 2. The third kappa shape index (κ3) is 2.11. The average molecular weight is 207 g/mol. The predicted molar refractivity (Wildman–Crippen MR) is 38.8 cm³/mol. The highest BCUT2D eigenvalue weighted by molar-refractivity contribution is 9.09. The van der Waals surface area contributed by atoms with Crippen molar-refractivity contribution in [3.63, 3.8) is 0 Å². The SMILES string of the molecule is O=C(CBr)OC1C=CCO1. The van der Waals surface area contributed by atoms with Crippen molar-refractivity contribution in [1.82, 2.24) is 0 Å². The second-order valence-corrected chi connectivity index (χ2v) is 2.31. The van der Waals surface area contributed by atoms with Gasteiger partial charge in [0.1, 0.15) is 5.33 Å². The van der Waals surface area contributed by atoms with E-state index < -0.39 is 6.29 Å². The quantitative estimate of drug-likeness (QED) is 0.382. The molecule has 1 unspecified atom stereocenters. The Kier molecular flexibility index (Phi) is 2.89. The molecule has 0 amide bonds. The van der Waals surface area contributed by atoms with Crippen LogP contribution in [0.25, 0.3) is 0 Å². The highest BCUT2D eigenvalue weighted by atomic mass is 79.9. The standard InChI is InChI=1S/C6H7BrO3/c7-4-5(8)10-6-2-1-3-9-6/h1-2,6H,3-4H2. The zero-order valence-electron chi connectivity index (χ0n) is 5.25. The van der Waals surface area contributed by atoms with Crippen LogP contribution in [-0.2, 0) is 14.3 Å². The zero-order chi connectivity index (χ0) is 7.40. The molecule has 10 heavy (non-hydrogen) atoms. The van der Waals surface area contributed by atoms with E-state index >= 15 is 0 Å². The summed E-state index contributed by atoms with van der Waals surface area (Å²) in [6.07, 6.45) is 3.05. The van der Waals surface area contributed by atoms with Crippen molar-refractivity contribution in [2.24, 2.45) is 0 Å². The lowest BCUT2D eigenvalue weighted by molar-refractivity contribution is -0.161. The molecule has 0 saturated heterocycles. The summed E-state index contributed by atoms with van der Waals surface area (Å²) in [4.78, 5) is 10.6. The second kappa shape index (κ2) is 3.73. The molecule has 0 aliphatic carbocycles. The van der Waals surface area contributed by atoms with E-state index in [4.69, 9.17) is 9.47 Å². The van der Waals surface area contributed by atoms with E-state index in [9.17, 15) is 4.79 Å². The number of halogens is 1. The first-order valence-electron chi connectivity index (χ1n) is 2.86. The summed E-state index contributed by atoms with van der Waals surface area (Å²) in [6, 6.07) is 0. The van der Waals surface area contributed by atoms with Gasteiger partial charge in [-0.25, -0.2) is 0 Å². The molecule has 3 nitrogen and oxygen atoms in total. The predicted octanol–water partition coefficient (Wildman–Crippen LogP) is 0.837. The van der Waals surface area contributed by atoms with Gasteiger partial charge in [0.2, 0.25) is 6.29 Å². The zero-order valence-corrected chi connectivity index (χ0v) is 6.83. The van der Waals surface area contributed by atoms with Gasteiger partial charge in [-0.3, -0.25) is 4.79 Å². The molecule has 0 aromatic carbocycles. The van der Waals surface area contributed by atoms with Crippen molar-refractivity contribution >= 4 is 21.9 Å². The van der Waals surface area contributed by atoms with Crippen molar-refractivity contribution in [2.45, 2.75) is 6.29 Å². The maximum Gasteiger partial charge on any atom is 0.319 e. The summed E-state index contributed by atoms with van der Waals surface area (Å²) in [5, 5.41) is 0.209. The van der Waals surface area contributed by atoms with Crippen molar-refractivity contribution in [3.05, 3.63) is 12.2 Å². The molecule has 0 saturated carbocycles. The molecule has 0 N–H and O–H groups in total. The normalized spacial score (nSPS) is 23.1. The summed E-state index contributed by atoms with van der Waals surface area (Å²) in [5.74, 6) is -0.309. The molecule has 56 valence electrons. The minimum atomic E-state index is -0.468. The van der Waals surface area contributed by atoms with Gasteiger partial charge in [-0.1, -0.05) is 22.0 Å². The first-order chi connectivity index (χ1) is 4.83. The van der Waals surface area contributed by atoms with Crippen LogP contribution in [0.2, 0.25) is 0 Å². The van der Waals surface area contributed by atoms with Crippen molar-refractivity contribution in [3.8, 4) is 0 Å². The summed E-state index contributed by atoms with van der Waals surface area (Å²) in [5.41, 5.74) is 0. The molecule has 0 bridgehead atoms. The van der Waals surface area contributed by atoms with E-state index in [-0.39, 0.29) is 11.3 Å². The van der Waals surface area contributed by atoms with Crippen molar-refractivity contribution < 1.29 is 14.3 Å². The maximum absolute atomic E-state index is 10.6. The monoisotopic (exact) mass is 206 g/mol. The summed E-state index contributed by atoms with van der Waals surface area (Å²) in [6.45, 7) is 0.528. The largest absolute Gasteiger partial charge is 0.431 e. The number of hydrogen-bond acceptors (Lipinski definition) is 3. The fourth-order valence-electron chi connectivity index (χ4n) is 0.607. The van der Waals surface area contributed by atoms with E-state index in [1.54, 1.807) is 6.08 Å². The number of carbonyl (C=O) groups excluding carboxylic acids is 1. The maximum atomic E-state index is 10.6. The van der Waals surface area contributed by atoms with Gasteiger partial charge in [0.25, 0.3) is 0 Å². The Labute approximate surface area is 67.1 Å². The number of carbonyl (C=O) groups is 1. The van der Waals surface area contributed by atoms with Crippen LogP contribution in [0.4, 0.5) is 0 Å². The molecule has 1 rings (SSSR count). The summed E-state index contributed by atoms with van der Waals surface area (Å²) < 4.78 is 9.72. The van der Waals surface area contributed by atoms with Crippen LogP contribution >= 0.6 is 15.9 Å². The minimum Gasteiger partial charge on any atom is -0.431 e. The average Bonchev–Trinajstić information content (AvgIpc) is 2.40. The van der Waals surface area contributed by atoms with E-state index in [1.165, 1.54) is 0 Å². The van der Waals surface area contributed by atoms with E-state index in [1.807, 2.05) is 6.08 Å². The Morgan fingerprint density at radius 3 is 3.20 bits per heavy atom. The van der Waals surface area contributed by atoms with Gasteiger partial charge in [0.15, 0.2) is 0 Å². The molecule has 0 radical (unpaired) electrons. The van der Waals surface area contributed by atoms with Crippen LogP contribution < -0.4 is 0 Å². The van der Waals surface area contributed by atoms with Crippen LogP contribution in [0, 0.1) is 0 Å². The van der Waals surface area contributed by atoms with E-state index in [2.05, 4.69) is 15.9 Å². The lowest BCUT2D eigenvalue weighted by Gasteiger charge is -2.07. The first-order valence-corrected chi connectivity index (χ1v) is 3.99. The summed E-state index contributed by atoms with van der Waals surface area (Å²) in [7, 11) is 0. The van der Waals surface area contributed by atoms with Crippen LogP contribution in [-0.4, -0.2) is 24.2 Å². The lowest BCUT2D eigenvalue weighted by atomic mass is 10.5. The molecule has 4 heteroatoms. The van der Waals surface area contributed by atoms with Crippen molar-refractivity contribution in [1.29, 1.82) is 0 Å². The number of rotatable bonds is 2. The third-order valence-corrected chi connectivity index (χ3v) is 1.46. The molecule has 0 aromatic rings. The van der Waals surface area contributed by atoms with Gasteiger partial charge in [0.05, 0.1) is 6.61 Å². The van der Waals surface area contributed by atoms with Gasteiger partial charge in [-0.15, -0.1) is 0 Å². The topological polar surface area (TPSA) is 35.5 Å². The highest BCUT2D eigenvalue weighted by Crippen LogP contribution is 2.05. The molecular weight excluding hydrogens is 200 g/mol. The number of esters is 1. The Morgan fingerprint density at radius 2 is 2.70 bits per heavy atom. The van der Waals surface area contributed by atoms with Gasteiger partial charge in [-0.05, 0) is 6.08 Å². The number of hydrogen-bond donors (Lipinski definition) is 0. The lowest BCUT2D eigenvalue weighted by Crippen LogP contribution is -2.16. The summed E-state index contributed by atoms with van der Waals surface area (Å²) >= 11 is 2.97. The molecule has 0 spiro atoms. The third-order valence-electron chi connectivity index (χ3n) is 1.01. The fraction of sp³-hybridized carbons (Fsp3) is 0.500. The smallest absolute Gasteiger partial charge is 0.319 e. The van der Waals surface area contributed by atoms with Crippen LogP contribution in [0.3, 0.4) is 0 Å². The number of alkyl halides is 1. The van der Waals surface area contributed by atoms with Crippen LogP contribution in [0.1, 0.15) is 0 Å². The van der Waals surface area contributed by atoms with E-state index in [0.717, 1.165) is 0 Å². The Bertz CT molecular complexity index is 155. The van der Waals surface area contributed by atoms with Gasteiger partial charge in [0, 0.05) is 0 Å². The van der Waals surface area contributed by atoms with Gasteiger partial charge >= 0.3 is 5.97 Å². The molecule has 1 heterocycles. The minimum absolute atomic E-state index is 0.209. The molecule has 1 aliphatic rings. The second-order valence-electron chi connectivity index (χ2n) is 1.75. The Morgan fingerprint density at radius 1 is 1.90 bits per heavy atom.